The molecule has 34 heavy (non-hydrogen) atoms. The third-order valence-corrected chi connectivity index (χ3v) is 4.96. The first-order chi connectivity index (χ1) is 15.9. The van der Waals surface area contributed by atoms with Crippen molar-refractivity contribution in [2.75, 3.05) is 6.54 Å². The van der Waals surface area contributed by atoms with Crippen LogP contribution in [0.5, 0.6) is 0 Å². The van der Waals surface area contributed by atoms with Gasteiger partial charge in [-0.1, -0.05) is 13.0 Å². The predicted molar refractivity (Wildman–Crippen MR) is 111 cm³/mol. The summed E-state index contributed by atoms with van der Waals surface area (Å²) in [5.41, 5.74) is 3.69. The van der Waals surface area contributed by atoms with Gasteiger partial charge in [0.15, 0.2) is 0 Å². The first-order valence-corrected chi connectivity index (χ1v) is 9.69. The highest BCUT2D eigenvalue weighted by molar-refractivity contribution is 5.98. The monoisotopic (exact) mass is 479 g/mol. The maximum absolute atomic E-state index is 14.0. The first kappa shape index (κ1) is 24.4. The lowest BCUT2D eigenvalue weighted by atomic mass is 9.99. The second kappa shape index (κ2) is 9.33. The van der Waals surface area contributed by atoms with E-state index in [0.717, 1.165) is 23.0 Å². The number of rotatable bonds is 3. The van der Waals surface area contributed by atoms with Gasteiger partial charge in [0.1, 0.15) is 5.82 Å². The number of halogens is 4. The normalized spacial score (nSPS) is 15.0. The number of aromatic nitrogens is 2. The van der Waals surface area contributed by atoms with Gasteiger partial charge in [-0.25, -0.2) is 14.0 Å². The Morgan fingerprint density at radius 1 is 1.09 bits per heavy atom. The molecule has 4 rings (SSSR count). The number of hydrogen-bond donors (Lipinski definition) is 4. The fraction of sp³-hybridized carbons (Fsp3) is 0.182. The van der Waals surface area contributed by atoms with Crippen molar-refractivity contribution in [1.82, 2.24) is 15.3 Å². The lowest BCUT2D eigenvalue weighted by Crippen LogP contribution is -2.33. The quantitative estimate of drug-likeness (QED) is 0.419. The third-order valence-electron chi connectivity index (χ3n) is 4.96. The van der Waals surface area contributed by atoms with Crippen LogP contribution in [0.4, 0.5) is 17.6 Å². The number of aromatic amines is 1. The first-order valence-electron chi connectivity index (χ1n) is 9.69. The summed E-state index contributed by atoms with van der Waals surface area (Å²) in [6, 6.07) is 9.27. The van der Waals surface area contributed by atoms with Crippen LogP contribution < -0.4 is 5.32 Å². The van der Waals surface area contributed by atoms with Gasteiger partial charge < -0.3 is 20.5 Å². The van der Waals surface area contributed by atoms with Gasteiger partial charge in [-0.3, -0.25) is 9.78 Å². The van der Waals surface area contributed by atoms with E-state index in [4.69, 9.17) is 15.0 Å². The number of aliphatic carboxylic acids is 1. The number of nitrogens with zero attached hydrogens (tertiary/aromatic N) is 1. The SMILES string of the molecule is CC1CNC(=O)c2cc(-c3ccnc(-c4ccc(C(=O)O)c(F)c4)c3)[nH]c21.O=C(O)C(F)(F)F. The highest BCUT2D eigenvalue weighted by Crippen LogP contribution is 2.30. The molecule has 4 N–H and O–H groups in total. The van der Waals surface area contributed by atoms with Crippen molar-refractivity contribution < 1.29 is 42.2 Å². The van der Waals surface area contributed by atoms with Crippen LogP contribution in [0.25, 0.3) is 22.5 Å². The summed E-state index contributed by atoms with van der Waals surface area (Å²) in [5.74, 6) is -4.80. The van der Waals surface area contributed by atoms with Crippen molar-refractivity contribution in [2.45, 2.75) is 19.0 Å². The lowest BCUT2D eigenvalue weighted by Gasteiger charge is -2.18. The molecule has 0 bridgehead atoms. The number of pyridine rings is 1. The van der Waals surface area contributed by atoms with Crippen LogP contribution in [0.3, 0.4) is 0 Å². The van der Waals surface area contributed by atoms with Crippen LogP contribution >= 0.6 is 0 Å². The maximum Gasteiger partial charge on any atom is 0.490 e. The minimum Gasteiger partial charge on any atom is -0.478 e. The Morgan fingerprint density at radius 2 is 1.76 bits per heavy atom. The van der Waals surface area contributed by atoms with Gasteiger partial charge in [0.2, 0.25) is 0 Å². The maximum atomic E-state index is 14.0. The zero-order chi connectivity index (χ0) is 25.2. The van der Waals surface area contributed by atoms with Gasteiger partial charge >= 0.3 is 18.1 Å². The molecule has 0 aliphatic carbocycles. The summed E-state index contributed by atoms with van der Waals surface area (Å²) in [6.07, 6.45) is -3.49. The average molecular weight is 479 g/mol. The number of nitrogens with one attached hydrogen (secondary N) is 2. The minimum absolute atomic E-state index is 0.105. The summed E-state index contributed by atoms with van der Waals surface area (Å²) in [5, 5.41) is 18.9. The molecule has 1 aromatic carbocycles. The number of aromatic carboxylic acids is 1. The summed E-state index contributed by atoms with van der Waals surface area (Å²) in [7, 11) is 0. The number of H-pyrrole nitrogens is 1. The van der Waals surface area contributed by atoms with E-state index in [0.29, 0.717) is 23.4 Å². The molecule has 0 saturated carbocycles. The van der Waals surface area contributed by atoms with Crippen molar-refractivity contribution in [1.29, 1.82) is 0 Å². The summed E-state index contributed by atoms with van der Waals surface area (Å²) in [6.45, 7) is 2.62. The molecule has 0 radical (unpaired) electrons. The Bertz CT molecular complexity index is 1270. The Kier molecular flexibility index (Phi) is 6.70. The fourth-order valence-electron chi connectivity index (χ4n) is 3.25. The van der Waals surface area contributed by atoms with Crippen molar-refractivity contribution in [3.63, 3.8) is 0 Å². The lowest BCUT2D eigenvalue weighted by molar-refractivity contribution is -0.192. The Labute approximate surface area is 189 Å². The van der Waals surface area contributed by atoms with Crippen molar-refractivity contribution in [3.05, 3.63) is 65.2 Å². The number of carbonyl (C=O) groups is 3. The molecule has 3 heterocycles. The van der Waals surface area contributed by atoms with E-state index in [9.17, 15) is 27.2 Å². The van der Waals surface area contributed by atoms with Gasteiger partial charge in [-0.15, -0.1) is 0 Å². The number of fused-ring (bicyclic) bond motifs is 1. The number of hydrogen-bond acceptors (Lipinski definition) is 4. The molecule has 0 fully saturated rings. The number of carbonyl (C=O) groups excluding carboxylic acids is 1. The summed E-state index contributed by atoms with van der Waals surface area (Å²) >= 11 is 0. The van der Waals surface area contributed by atoms with E-state index in [1.165, 1.54) is 12.1 Å². The molecule has 3 aromatic rings. The van der Waals surface area contributed by atoms with Crippen LogP contribution in [0, 0.1) is 5.82 Å². The van der Waals surface area contributed by atoms with Gasteiger partial charge in [0, 0.05) is 41.2 Å². The molecule has 1 amide bonds. The van der Waals surface area contributed by atoms with Gasteiger partial charge in [0.25, 0.3) is 5.91 Å². The number of carboxylic acids is 2. The summed E-state index contributed by atoms with van der Waals surface area (Å²) in [4.78, 5) is 39.5. The highest BCUT2D eigenvalue weighted by Gasteiger charge is 2.38. The second-order valence-electron chi connectivity index (χ2n) is 7.35. The third kappa shape index (κ3) is 5.22. The molecule has 12 heteroatoms. The smallest absolute Gasteiger partial charge is 0.478 e. The Hall–Kier alpha value is -4.22. The largest absolute Gasteiger partial charge is 0.490 e. The van der Waals surface area contributed by atoms with Crippen LogP contribution in [0.1, 0.15) is 39.3 Å². The molecule has 1 atom stereocenters. The van der Waals surface area contributed by atoms with Crippen LogP contribution in [0.15, 0.2) is 42.6 Å². The topological polar surface area (TPSA) is 132 Å². The molecule has 178 valence electrons. The molecule has 1 unspecified atom stereocenters. The van der Waals surface area contributed by atoms with Gasteiger partial charge in [-0.2, -0.15) is 13.2 Å². The van der Waals surface area contributed by atoms with Crippen molar-refractivity contribution in [2.24, 2.45) is 0 Å². The van der Waals surface area contributed by atoms with Crippen LogP contribution in [0.2, 0.25) is 0 Å². The van der Waals surface area contributed by atoms with E-state index in [-0.39, 0.29) is 17.4 Å². The van der Waals surface area contributed by atoms with E-state index in [1.54, 1.807) is 24.4 Å². The predicted octanol–water partition coefficient (Wildman–Crippen LogP) is 4.06. The summed E-state index contributed by atoms with van der Waals surface area (Å²) < 4.78 is 45.7. The molecule has 1 aliphatic heterocycles. The zero-order valence-corrected chi connectivity index (χ0v) is 17.4. The Morgan fingerprint density at radius 3 is 2.32 bits per heavy atom. The zero-order valence-electron chi connectivity index (χ0n) is 17.4. The van der Waals surface area contributed by atoms with Crippen molar-refractivity contribution >= 4 is 17.8 Å². The van der Waals surface area contributed by atoms with E-state index in [1.807, 2.05) is 6.92 Å². The number of alkyl halides is 3. The highest BCUT2D eigenvalue weighted by atomic mass is 19.4. The average Bonchev–Trinajstić information content (AvgIpc) is 3.23. The molecule has 0 saturated heterocycles. The van der Waals surface area contributed by atoms with Gasteiger partial charge in [-0.05, 0) is 30.3 Å². The van der Waals surface area contributed by atoms with Crippen LogP contribution in [-0.2, 0) is 4.79 Å². The van der Waals surface area contributed by atoms with E-state index < -0.39 is 23.9 Å². The number of benzene rings is 1. The molecule has 8 nitrogen and oxygen atoms in total. The van der Waals surface area contributed by atoms with Crippen molar-refractivity contribution in [3.8, 4) is 22.5 Å². The van der Waals surface area contributed by atoms with Gasteiger partial charge in [0.05, 0.1) is 16.8 Å². The minimum atomic E-state index is -5.08. The van der Waals surface area contributed by atoms with E-state index in [2.05, 4.69) is 15.3 Å². The van der Waals surface area contributed by atoms with Crippen LogP contribution in [-0.4, -0.2) is 50.7 Å². The Balaban J connectivity index is 0.000000406. The molecule has 0 spiro atoms. The fourth-order valence-corrected chi connectivity index (χ4v) is 3.25. The molecule has 2 aromatic heterocycles. The van der Waals surface area contributed by atoms with E-state index >= 15 is 0 Å². The number of carboxylic acid groups (broad SMARTS) is 2. The molecule has 1 aliphatic rings. The standard InChI is InChI=1S/C20H16FN3O3.C2HF3O2/c1-10-9-23-19(25)14-8-17(24-18(10)14)12-4-5-22-16(7-12)11-2-3-13(20(26)27)15(21)6-11;3-2(4,5)1(6)7/h2-8,10,24H,9H2,1H3,(H,23,25)(H,26,27);(H,6,7). The molecular weight excluding hydrogens is 462 g/mol. The second-order valence-corrected chi connectivity index (χ2v) is 7.35. The number of amides is 1. The molecular formula is C22H17F4N3O5.